The molecule has 0 fully saturated rings. The first-order chi connectivity index (χ1) is 12.0. The summed E-state index contributed by atoms with van der Waals surface area (Å²) < 4.78 is 27.2. The molecule has 3 nitrogen and oxygen atoms in total. The Bertz CT molecular complexity index is 1070. The molecule has 1 heterocycles. The number of sulfonamides is 1. The van der Waals surface area contributed by atoms with Crippen LogP contribution in [0.4, 0.5) is 0 Å². The molecule has 0 aliphatic carbocycles. The van der Waals surface area contributed by atoms with E-state index >= 15 is 0 Å². The molecule has 0 aromatic heterocycles. The Morgan fingerprint density at radius 3 is 2.36 bits per heavy atom. The molecule has 4 rings (SSSR count). The summed E-state index contributed by atoms with van der Waals surface area (Å²) in [6.07, 6.45) is 2.01. The highest BCUT2D eigenvalue weighted by molar-refractivity contribution is 7.89. The van der Waals surface area contributed by atoms with Crippen LogP contribution in [0.25, 0.3) is 16.3 Å². The highest BCUT2D eigenvalue weighted by Crippen LogP contribution is 2.28. The first-order valence-electron chi connectivity index (χ1n) is 8.29. The highest BCUT2D eigenvalue weighted by atomic mass is 32.2. The molecular formula is C21H19NO2S. The van der Waals surface area contributed by atoms with E-state index in [2.05, 4.69) is 30.3 Å². The lowest BCUT2D eigenvalue weighted by Crippen LogP contribution is -2.29. The summed E-state index contributed by atoms with van der Waals surface area (Å²) in [5, 5.41) is 2.36. The van der Waals surface area contributed by atoms with E-state index in [-0.39, 0.29) is 0 Å². The average Bonchev–Trinajstić information content (AvgIpc) is 3.13. The lowest BCUT2D eigenvalue weighted by molar-refractivity contribution is 0.490. The van der Waals surface area contributed by atoms with Gasteiger partial charge in [0, 0.05) is 13.1 Å². The Hall–Kier alpha value is -2.43. The third-order valence-corrected chi connectivity index (χ3v) is 6.49. The van der Waals surface area contributed by atoms with Crippen molar-refractivity contribution in [3.63, 3.8) is 0 Å². The lowest BCUT2D eigenvalue weighted by atomic mass is 10.0. The summed E-state index contributed by atoms with van der Waals surface area (Å²) in [5.41, 5.74) is 3.19. The van der Waals surface area contributed by atoms with Crippen LogP contribution in [0.2, 0.25) is 0 Å². The van der Waals surface area contributed by atoms with Gasteiger partial charge in [-0.3, -0.25) is 0 Å². The lowest BCUT2D eigenvalue weighted by Gasteiger charge is -2.17. The molecule has 0 bridgehead atoms. The van der Waals surface area contributed by atoms with E-state index in [9.17, 15) is 8.42 Å². The topological polar surface area (TPSA) is 37.4 Å². The van der Waals surface area contributed by atoms with E-state index in [1.54, 1.807) is 12.1 Å². The second-order valence-electron chi connectivity index (χ2n) is 6.40. The van der Waals surface area contributed by atoms with Crippen LogP contribution in [0.3, 0.4) is 0 Å². The number of rotatable bonds is 3. The average molecular weight is 349 g/mol. The van der Waals surface area contributed by atoms with Crippen LogP contribution in [-0.2, 0) is 10.0 Å². The standard InChI is InChI=1S/C21H19NO2S/c1-16-6-10-21(11-7-16)25(23,24)22-13-12-20(15-22)19-9-8-17-4-2-3-5-18(17)14-19/h2-12,14H,13,15H2,1H3. The fourth-order valence-corrected chi connectivity index (χ4v) is 4.53. The maximum Gasteiger partial charge on any atom is 0.243 e. The predicted octanol–water partition coefficient (Wildman–Crippen LogP) is 4.24. The summed E-state index contributed by atoms with van der Waals surface area (Å²) in [6, 6.07) is 21.5. The zero-order valence-electron chi connectivity index (χ0n) is 14.0. The van der Waals surface area contributed by atoms with Crippen molar-refractivity contribution < 1.29 is 8.42 Å². The molecule has 0 amide bonds. The minimum absolute atomic E-state index is 0.353. The second-order valence-corrected chi connectivity index (χ2v) is 8.34. The largest absolute Gasteiger partial charge is 0.243 e. The Labute approximate surface area is 148 Å². The molecule has 0 unspecified atom stereocenters. The third kappa shape index (κ3) is 2.99. The SMILES string of the molecule is Cc1ccc(S(=O)(=O)N2CC=C(c3ccc4ccccc4c3)C2)cc1. The van der Waals surface area contributed by atoms with E-state index in [0.29, 0.717) is 18.0 Å². The van der Waals surface area contributed by atoms with Gasteiger partial charge in [0.2, 0.25) is 10.0 Å². The molecule has 0 saturated heterocycles. The molecule has 1 aliphatic heterocycles. The van der Waals surface area contributed by atoms with Crippen molar-refractivity contribution >= 4 is 26.4 Å². The van der Waals surface area contributed by atoms with Gasteiger partial charge in [0.15, 0.2) is 0 Å². The summed E-state index contributed by atoms with van der Waals surface area (Å²) in [6.45, 7) is 2.78. The van der Waals surface area contributed by atoms with Crippen LogP contribution >= 0.6 is 0 Å². The molecule has 25 heavy (non-hydrogen) atoms. The first-order valence-corrected chi connectivity index (χ1v) is 9.73. The van der Waals surface area contributed by atoms with Crippen molar-refractivity contribution in [2.45, 2.75) is 11.8 Å². The van der Waals surface area contributed by atoms with Gasteiger partial charge in [0.05, 0.1) is 4.90 Å². The van der Waals surface area contributed by atoms with Crippen LogP contribution in [0.15, 0.2) is 77.7 Å². The quantitative estimate of drug-likeness (QED) is 0.709. The molecule has 3 aromatic rings. The van der Waals surface area contributed by atoms with Crippen LogP contribution in [0, 0.1) is 6.92 Å². The third-order valence-electron chi connectivity index (χ3n) is 4.67. The number of nitrogens with zero attached hydrogens (tertiary/aromatic N) is 1. The maximum absolute atomic E-state index is 12.8. The number of benzene rings is 3. The molecule has 0 saturated carbocycles. The zero-order valence-corrected chi connectivity index (χ0v) is 14.8. The Kier molecular flexibility index (Phi) is 3.94. The van der Waals surface area contributed by atoms with Crippen LogP contribution in [0.1, 0.15) is 11.1 Å². The molecule has 126 valence electrons. The first kappa shape index (κ1) is 16.1. The van der Waals surface area contributed by atoms with Crippen molar-refractivity contribution in [3.8, 4) is 0 Å². The zero-order chi connectivity index (χ0) is 17.4. The van der Waals surface area contributed by atoms with Crippen molar-refractivity contribution in [2.24, 2.45) is 0 Å². The second kappa shape index (κ2) is 6.14. The van der Waals surface area contributed by atoms with Crippen molar-refractivity contribution in [2.75, 3.05) is 13.1 Å². The summed E-state index contributed by atoms with van der Waals surface area (Å²) >= 11 is 0. The monoisotopic (exact) mass is 349 g/mol. The van der Waals surface area contributed by atoms with Gasteiger partial charge >= 0.3 is 0 Å². The van der Waals surface area contributed by atoms with Gasteiger partial charge in [0.25, 0.3) is 0 Å². The van der Waals surface area contributed by atoms with Crippen LogP contribution in [-0.4, -0.2) is 25.8 Å². The van der Waals surface area contributed by atoms with Crippen LogP contribution < -0.4 is 0 Å². The van der Waals surface area contributed by atoms with Gasteiger partial charge in [-0.05, 0) is 47.0 Å². The van der Waals surface area contributed by atoms with Gasteiger partial charge in [-0.2, -0.15) is 4.31 Å². The van der Waals surface area contributed by atoms with E-state index in [4.69, 9.17) is 0 Å². The fourth-order valence-electron chi connectivity index (χ4n) is 3.17. The molecule has 0 radical (unpaired) electrons. The number of hydrogen-bond donors (Lipinski definition) is 0. The molecule has 0 atom stereocenters. The Morgan fingerprint density at radius 2 is 1.60 bits per heavy atom. The smallest absolute Gasteiger partial charge is 0.207 e. The summed E-state index contributed by atoms with van der Waals surface area (Å²) in [5.74, 6) is 0. The van der Waals surface area contributed by atoms with E-state index in [1.165, 1.54) is 15.1 Å². The maximum atomic E-state index is 12.8. The predicted molar refractivity (Wildman–Crippen MR) is 102 cm³/mol. The Morgan fingerprint density at radius 1 is 0.880 bits per heavy atom. The fraction of sp³-hybridized carbons (Fsp3) is 0.143. The van der Waals surface area contributed by atoms with E-state index in [0.717, 1.165) is 16.7 Å². The summed E-state index contributed by atoms with van der Waals surface area (Å²) in [4.78, 5) is 0.353. The van der Waals surface area contributed by atoms with E-state index in [1.807, 2.05) is 37.3 Å². The molecule has 0 N–H and O–H groups in total. The number of aryl methyl sites for hydroxylation is 1. The van der Waals surface area contributed by atoms with Crippen molar-refractivity contribution in [3.05, 3.63) is 83.9 Å². The number of fused-ring (bicyclic) bond motifs is 1. The highest BCUT2D eigenvalue weighted by Gasteiger charge is 2.28. The molecule has 3 aromatic carbocycles. The van der Waals surface area contributed by atoms with E-state index < -0.39 is 10.0 Å². The van der Waals surface area contributed by atoms with Gasteiger partial charge in [0.1, 0.15) is 0 Å². The molecular weight excluding hydrogens is 330 g/mol. The normalized spacial score (nSPS) is 15.5. The van der Waals surface area contributed by atoms with Crippen LogP contribution in [0.5, 0.6) is 0 Å². The number of hydrogen-bond acceptors (Lipinski definition) is 2. The van der Waals surface area contributed by atoms with Gasteiger partial charge in [-0.1, -0.05) is 60.2 Å². The molecule has 0 spiro atoms. The van der Waals surface area contributed by atoms with Gasteiger partial charge < -0.3 is 0 Å². The molecule has 1 aliphatic rings. The van der Waals surface area contributed by atoms with Crippen molar-refractivity contribution in [1.29, 1.82) is 0 Å². The van der Waals surface area contributed by atoms with Gasteiger partial charge in [-0.25, -0.2) is 8.42 Å². The van der Waals surface area contributed by atoms with Crippen molar-refractivity contribution in [1.82, 2.24) is 4.31 Å². The molecule has 4 heteroatoms. The minimum Gasteiger partial charge on any atom is -0.207 e. The minimum atomic E-state index is -3.46. The Balaban J connectivity index is 1.60. The van der Waals surface area contributed by atoms with Gasteiger partial charge in [-0.15, -0.1) is 0 Å². The summed E-state index contributed by atoms with van der Waals surface area (Å²) in [7, 11) is -3.46.